The average molecular weight is 264 g/mol. The van der Waals surface area contributed by atoms with E-state index >= 15 is 0 Å². The molecule has 0 heterocycles. The van der Waals surface area contributed by atoms with E-state index in [4.69, 9.17) is 10.5 Å². The maximum Gasteiger partial charge on any atom is 0.0641 e. The zero-order valence-corrected chi connectivity index (χ0v) is 12.6. The molecule has 0 aliphatic rings. The van der Waals surface area contributed by atoms with Gasteiger partial charge in [-0.15, -0.1) is 0 Å². The molecule has 108 valence electrons. The molecule has 1 aromatic rings. The summed E-state index contributed by atoms with van der Waals surface area (Å²) >= 11 is 0. The van der Waals surface area contributed by atoms with Crippen LogP contribution in [0.3, 0.4) is 0 Å². The molecule has 0 amide bonds. The Morgan fingerprint density at radius 1 is 1.21 bits per heavy atom. The Morgan fingerprint density at radius 2 is 1.95 bits per heavy atom. The third kappa shape index (κ3) is 5.21. The molecule has 0 aliphatic carbocycles. The van der Waals surface area contributed by atoms with Gasteiger partial charge >= 0.3 is 0 Å². The molecule has 3 nitrogen and oxygen atoms in total. The Balaban J connectivity index is 2.77. The van der Waals surface area contributed by atoms with Crippen LogP contribution in [-0.2, 0) is 11.2 Å². The molecule has 1 unspecified atom stereocenters. The molecule has 1 rings (SSSR count). The van der Waals surface area contributed by atoms with Gasteiger partial charge in [-0.3, -0.25) is 0 Å². The highest BCUT2D eigenvalue weighted by Gasteiger charge is 2.11. The number of anilines is 1. The van der Waals surface area contributed by atoms with Crippen molar-refractivity contribution in [3.8, 4) is 0 Å². The molecule has 1 atom stereocenters. The van der Waals surface area contributed by atoms with Crippen molar-refractivity contribution >= 4 is 5.69 Å². The van der Waals surface area contributed by atoms with Crippen molar-refractivity contribution in [2.75, 3.05) is 31.2 Å². The monoisotopic (exact) mass is 264 g/mol. The van der Waals surface area contributed by atoms with Gasteiger partial charge in [0.1, 0.15) is 0 Å². The first-order valence-corrected chi connectivity index (χ1v) is 7.39. The van der Waals surface area contributed by atoms with Crippen molar-refractivity contribution in [3.05, 3.63) is 29.8 Å². The Bertz CT molecular complexity index is 354. The average Bonchev–Trinajstić information content (AvgIpc) is 2.44. The van der Waals surface area contributed by atoms with Crippen molar-refractivity contribution in [2.24, 2.45) is 5.73 Å². The summed E-state index contributed by atoms with van der Waals surface area (Å²) in [5.41, 5.74) is 8.74. The third-order valence-electron chi connectivity index (χ3n) is 3.43. The van der Waals surface area contributed by atoms with Crippen molar-refractivity contribution in [1.82, 2.24) is 0 Å². The van der Waals surface area contributed by atoms with Crippen LogP contribution >= 0.6 is 0 Å². The molecule has 0 saturated heterocycles. The molecule has 19 heavy (non-hydrogen) atoms. The van der Waals surface area contributed by atoms with E-state index in [0.29, 0.717) is 0 Å². The summed E-state index contributed by atoms with van der Waals surface area (Å²) in [6.45, 7) is 9.83. The van der Waals surface area contributed by atoms with Gasteiger partial charge < -0.3 is 15.4 Å². The molecule has 0 aliphatic heterocycles. The minimum absolute atomic E-state index is 0.242. The van der Waals surface area contributed by atoms with Gasteiger partial charge in [-0.2, -0.15) is 0 Å². The van der Waals surface area contributed by atoms with E-state index in [0.717, 1.165) is 39.1 Å². The lowest BCUT2D eigenvalue weighted by Crippen LogP contribution is -2.29. The number of nitrogens with two attached hydrogens (primary N) is 1. The third-order valence-corrected chi connectivity index (χ3v) is 3.43. The fourth-order valence-electron chi connectivity index (χ4n) is 2.19. The molecule has 0 fully saturated rings. The zero-order chi connectivity index (χ0) is 14.1. The van der Waals surface area contributed by atoms with Crippen LogP contribution in [0.15, 0.2) is 24.3 Å². The molecule has 0 aromatic heterocycles. The number of ether oxygens (including phenoxy) is 1. The topological polar surface area (TPSA) is 38.5 Å². The van der Waals surface area contributed by atoms with E-state index in [1.165, 1.54) is 11.3 Å². The first-order chi connectivity index (χ1) is 9.22. The summed E-state index contributed by atoms with van der Waals surface area (Å²) in [6.07, 6.45) is 1.96. The second kappa shape index (κ2) is 8.94. The maximum atomic E-state index is 6.09. The Kier molecular flexibility index (Phi) is 7.53. The number of nitrogens with zero attached hydrogens (tertiary/aromatic N) is 1. The lowest BCUT2D eigenvalue weighted by atomic mass is 10.0. The van der Waals surface area contributed by atoms with E-state index in [2.05, 4.69) is 43.0 Å². The normalized spacial score (nSPS) is 12.4. The van der Waals surface area contributed by atoms with Crippen LogP contribution in [-0.4, -0.2) is 32.3 Å². The Morgan fingerprint density at radius 3 is 2.58 bits per heavy atom. The second-order valence-corrected chi connectivity index (χ2v) is 4.78. The predicted octanol–water partition coefficient (Wildman–Crippen LogP) is 2.83. The van der Waals surface area contributed by atoms with Gasteiger partial charge in [0.2, 0.25) is 0 Å². The van der Waals surface area contributed by atoms with E-state index < -0.39 is 0 Å². The molecule has 0 bridgehead atoms. The summed E-state index contributed by atoms with van der Waals surface area (Å²) in [4.78, 5) is 2.37. The fourth-order valence-corrected chi connectivity index (χ4v) is 2.19. The molecule has 0 saturated carbocycles. The molecular weight excluding hydrogens is 236 g/mol. The van der Waals surface area contributed by atoms with Gasteiger partial charge in [-0.05, 0) is 38.3 Å². The number of likely N-dealkylation sites (N-methyl/N-ethyl adjacent to an activating group) is 1. The molecule has 0 radical (unpaired) electrons. The smallest absolute Gasteiger partial charge is 0.0641 e. The predicted molar refractivity (Wildman–Crippen MR) is 82.8 cm³/mol. The standard InChI is InChI=1S/C16H28N2O/c1-4-15(17)13-14-9-7-8-10-16(14)18(5-2)11-12-19-6-3/h7-10,15H,4-6,11-13,17H2,1-3H3. The summed E-state index contributed by atoms with van der Waals surface area (Å²) in [5.74, 6) is 0. The maximum absolute atomic E-state index is 6.09. The van der Waals surface area contributed by atoms with E-state index in [-0.39, 0.29) is 6.04 Å². The van der Waals surface area contributed by atoms with Crippen LogP contribution in [0, 0.1) is 0 Å². The highest BCUT2D eigenvalue weighted by molar-refractivity contribution is 5.53. The second-order valence-electron chi connectivity index (χ2n) is 4.78. The van der Waals surface area contributed by atoms with Crippen LogP contribution in [0.5, 0.6) is 0 Å². The number of para-hydroxylation sites is 1. The van der Waals surface area contributed by atoms with Crippen LogP contribution in [0.1, 0.15) is 32.8 Å². The van der Waals surface area contributed by atoms with Crippen molar-refractivity contribution in [2.45, 2.75) is 39.7 Å². The van der Waals surface area contributed by atoms with E-state index in [9.17, 15) is 0 Å². The SMILES string of the molecule is CCOCCN(CC)c1ccccc1CC(N)CC. The summed E-state index contributed by atoms with van der Waals surface area (Å²) in [5, 5.41) is 0. The van der Waals surface area contributed by atoms with Crippen LogP contribution in [0.2, 0.25) is 0 Å². The fraction of sp³-hybridized carbons (Fsp3) is 0.625. The lowest BCUT2D eigenvalue weighted by Gasteiger charge is -2.26. The Hall–Kier alpha value is -1.06. The minimum atomic E-state index is 0.242. The highest BCUT2D eigenvalue weighted by Crippen LogP contribution is 2.21. The van der Waals surface area contributed by atoms with Gasteiger partial charge in [-0.1, -0.05) is 25.1 Å². The molecule has 0 spiro atoms. The first-order valence-electron chi connectivity index (χ1n) is 7.39. The van der Waals surface area contributed by atoms with Crippen molar-refractivity contribution in [1.29, 1.82) is 0 Å². The first kappa shape index (κ1) is 16.0. The van der Waals surface area contributed by atoms with Gasteiger partial charge in [0.25, 0.3) is 0 Å². The highest BCUT2D eigenvalue weighted by atomic mass is 16.5. The minimum Gasteiger partial charge on any atom is -0.380 e. The number of rotatable bonds is 9. The van der Waals surface area contributed by atoms with Gasteiger partial charge in [-0.25, -0.2) is 0 Å². The summed E-state index contributed by atoms with van der Waals surface area (Å²) in [7, 11) is 0. The van der Waals surface area contributed by atoms with Crippen LogP contribution in [0.4, 0.5) is 5.69 Å². The van der Waals surface area contributed by atoms with Crippen LogP contribution in [0.25, 0.3) is 0 Å². The summed E-state index contributed by atoms with van der Waals surface area (Å²) in [6, 6.07) is 8.81. The van der Waals surface area contributed by atoms with Crippen molar-refractivity contribution < 1.29 is 4.74 Å². The van der Waals surface area contributed by atoms with Crippen molar-refractivity contribution in [3.63, 3.8) is 0 Å². The quantitative estimate of drug-likeness (QED) is 0.697. The zero-order valence-electron chi connectivity index (χ0n) is 12.6. The molecule has 1 aromatic carbocycles. The number of hydrogen-bond acceptors (Lipinski definition) is 3. The number of hydrogen-bond donors (Lipinski definition) is 1. The largest absolute Gasteiger partial charge is 0.380 e. The van der Waals surface area contributed by atoms with E-state index in [1.807, 2.05) is 6.92 Å². The summed E-state index contributed by atoms with van der Waals surface area (Å²) < 4.78 is 5.46. The van der Waals surface area contributed by atoms with Gasteiger partial charge in [0, 0.05) is 31.4 Å². The lowest BCUT2D eigenvalue weighted by molar-refractivity contribution is 0.154. The van der Waals surface area contributed by atoms with E-state index in [1.54, 1.807) is 0 Å². The van der Waals surface area contributed by atoms with Gasteiger partial charge in [0.15, 0.2) is 0 Å². The molecular formula is C16H28N2O. The Labute approximate surface area is 117 Å². The molecule has 3 heteroatoms. The molecule has 2 N–H and O–H groups in total. The number of benzene rings is 1. The van der Waals surface area contributed by atoms with Gasteiger partial charge in [0.05, 0.1) is 6.61 Å². The van der Waals surface area contributed by atoms with Crippen LogP contribution < -0.4 is 10.6 Å².